The molecule has 0 spiro atoms. The summed E-state index contributed by atoms with van der Waals surface area (Å²) in [6, 6.07) is 11.3. The van der Waals surface area contributed by atoms with Crippen LogP contribution in [0.5, 0.6) is 0 Å². The first kappa shape index (κ1) is 15.0. The second-order valence-electron chi connectivity index (χ2n) is 3.53. The van der Waals surface area contributed by atoms with Crippen molar-refractivity contribution in [2.24, 2.45) is 0 Å². The van der Waals surface area contributed by atoms with E-state index in [4.69, 9.17) is 0 Å². The molecule has 1 aromatic rings. The van der Waals surface area contributed by atoms with E-state index in [2.05, 4.69) is 39.0 Å². The second kappa shape index (κ2) is 6.00. The molecule has 1 rings (SSSR count). The van der Waals surface area contributed by atoms with E-state index in [0.29, 0.717) is 0 Å². The van der Waals surface area contributed by atoms with E-state index in [1.807, 2.05) is 12.1 Å². The Hall–Kier alpha value is 0.466. The van der Waals surface area contributed by atoms with E-state index in [1.54, 1.807) is 0 Å². The minimum absolute atomic E-state index is 0. The molecule has 0 aliphatic heterocycles. The Morgan fingerprint density at radius 1 is 1.17 bits per heavy atom. The standard InChI is InChI=1S/C10H13.BrH.Mg/c1-10(2,3)9-7-5-4-6-8-9;;/h4-7H,1-3H3;1H;/q-1;;+2/p-1. The zero-order chi connectivity index (χ0) is 7.61. The molecule has 0 saturated heterocycles. The molecule has 62 valence electrons. The summed E-state index contributed by atoms with van der Waals surface area (Å²) in [6.45, 7) is 6.58. The average molecular weight is 237 g/mol. The molecule has 12 heavy (non-hydrogen) atoms. The normalized spacial score (nSPS) is 9.58. The molecule has 0 N–H and O–H groups in total. The van der Waals surface area contributed by atoms with Gasteiger partial charge in [0.2, 0.25) is 0 Å². The van der Waals surface area contributed by atoms with Crippen molar-refractivity contribution in [2.75, 3.05) is 0 Å². The molecule has 2 heteroatoms. The quantitative estimate of drug-likeness (QED) is 0.418. The van der Waals surface area contributed by atoms with Crippen molar-refractivity contribution < 1.29 is 17.0 Å². The van der Waals surface area contributed by atoms with Gasteiger partial charge in [-0.2, -0.15) is 35.9 Å². The summed E-state index contributed by atoms with van der Waals surface area (Å²) in [4.78, 5) is 0. The third-order valence-electron chi connectivity index (χ3n) is 1.52. The molecule has 0 bridgehead atoms. The van der Waals surface area contributed by atoms with Crippen molar-refractivity contribution in [3.63, 3.8) is 0 Å². The Bertz CT molecular complexity index is 201. The van der Waals surface area contributed by atoms with Gasteiger partial charge in [-0.15, -0.1) is 0 Å². The van der Waals surface area contributed by atoms with Crippen molar-refractivity contribution in [1.82, 2.24) is 0 Å². The van der Waals surface area contributed by atoms with Gasteiger partial charge in [-0.25, -0.2) is 0 Å². The van der Waals surface area contributed by atoms with E-state index in [1.165, 1.54) is 5.56 Å². The van der Waals surface area contributed by atoms with Gasteiger partial charge in [-0.05, 0) is 5.41 Å². The first-order chi connectivity index (χ1) is 4.61. The summed E-state index contributed by atoms with van der Waals surface area (Å²) < 4.78 is 0. The van der Waals surface area contributed by atoms with Gasteiger partial charge >= 0.3 is 23.1 Å². The smallest absolute Gasteiger partial charge is 1.00 e. The number of halogens is 1. The van der Waals surface area contributed by atoms with Gasteiger partial charge in [0.25, 0.3) is 0 Å². The summed E-state index contributed by atoms with van der Waals surface area (Å²) in [5.74, 6) is 0. The second-order valence-corrected chi connectivity index (χ2v) is 3.53. The Labute approximate surface area is 102 Å². The Kier molecular flexibility index (Phi) is 7.48. The maximum Gasteiger partial charge on any atom is 2.00 e. The van der Waals surface area contributed by atoms with Gasteiger partial charge in [0, 0.05) is 0 Å². The average Bonchev–Trinajstić information content (AvgIpc) is 1.88. The van der Waals surface area contributed by atoms with E-state index in [9.17, 15) is 0 Å². The molecular formula is C10H13BrMg. The zero-order valence-electron chi connectivity index (χ0n) is 7.89. The molecule has 0 atom stereocenters. The third-order valence-corrected chi connectivity index (χ3v) is 1.52. The van der Waals surface area contributed by atoms with Gasteiger partial charge in [-0.3, -0.25) is 0 Å². The molecule has 0 aliphatic carbocycles. The van der Waals surface area contributed by atoms with Gasteiger partial charge < -0.3 is 17.0 Å². The molecule has 0 nitrogen and oxygen atoms in total. The summed E-state index contributed by atoms with van der Waals surface area (Å²) in [5.41, 5.74) is 1.51. The maximum absolute atomic E-state index is 3.21. The summed E-state index contributed by atoms with van der Waals surface area (Å²) >= 11 is 0. The number of benzene rings is 1. The van der Waals surface area contributed by atoms with Crippen molar-refractivity contribution in [1.29, 1.82) is 0 Å². The fraction of sp³-hybridized carbons (Fsp3) is 0.400. The molecule has 0 amide bonds. The largest absolute Gasteiger partial charge is 2.00 e. The SMILES string of the molecule is CC(C)(C)c1[c-]cccc1.[Br-].[Mg+2]. The Morgan fingerprint density at radius 2 is 1.75 bits per heavy atom. The van der Waals surface area contributed by atoms with Crippen LogP contribution in [0.1, 0.15) is 26.3 Å². The van der Waals surface area contributed by atoms with E-state index in [0.717, 1.165) is 0 Å². The summed E-state index contributed by atoms with van der Waals surface area (Å²) in [6.07, 6.45) is 0. The molecule has 0 heterocycles. The van der Waals surface area contributed by atoms with Crippen LogP contribution >= 0.6 is 0 Å². The predicted molar refractivity (Wildman–Crippen MR) is 49.7 cm³/mol. The van der Waals surface area contributed by atoms with Crippen LogP contribution in [-0.4, -0.2) is 23.1 Å². The number of hydrogen-bond acceptors (Lipinski definition) is 0. The minimum atomic E-state index is 0. The number of hydrogen-bond donors (Lipinski definition) is 0. The van der Waals surface area contributed by atoms with Crippen LogP contribution in [0.4, 0.5) is 0 Å². The molecule has 0 fully saturated rings. The summed E-state index contributed by atoms with van der Waals surface area (Å²) in [5, 5.41) is 0. The van der Waals surface area contributed by atoms with Crippen molar-refractivity contribution in [3.05, 3.63) is 35.9 Å². The van der Waals surface area contributed by atoms with Crippen LogP contribution in [0.2, 0.25) is 0 Å². The maximum atomic E-state index is 3.21. The van der Waals surface area contributed by atoms with Gasteiger partial charge in [0.15, 0.2) is 0 Å². The van der Waals surface area contributed by atoms with E-state index in [-0.39, 0.29) is 45.4 Å². The van der Waals surface area contributed by atoms with Crippen LogP contribution in [0.15, 0.2) is 24.3 Å². The van der Waals surface area contributed by atoms with Crippen molar-refractivity contribution in [2.45, 2.75) is 26.2 Å². The molecule has 0 unspecified atom stereocenters. The molecule has 0 aliphatic rings. The topological polar surface area (TPSA) is 0 Å². The summed E-state index contributed by atoms with van der Waals surface area (Å²) in [7, 11) is 0. The van der Waals surface area contributed by atoms with E-state index >= 15 is 0 Å². The minimum Gasteiger partial charge on any atom is -1.00 e. The predicted octanol–water partition coefficient (Wildman–Crippen LogP) is -0.593. The fourth-order valence-corrected chi connectivity index (χ4v) is 0.860. The Morgan fingerprint density at radius 3 is 2.00 bits per heavy atom. The van der Waals surface area contributed by atoms with Gasteiger partial charge in [-0.1, -0.05) is 20.8 Å². The van der Waals surface area contributed by atoms with Crippen LogP contribution in [0.3, 0.4) is 0 Å². The molecule has 0 aromatic heterocycles. The first-order valence-corrected chi connectivity index (χ1v) is 3.58. The van der Waals surface area contributed by atoms with Crippen LogP contribution < -0.4 is 17.0 Å². The van der Waals surface area contributed by atoms with Gasteiger partial charge in [0.05, 0.1) is 0 Å². The molecule has 0 radical (unpaired) electrons. The van der Waals surface area contributed by atoms with Crippen LogP contribution in [0.25, 0.3) is 0 Å². The molecule has 0 saturated carbocycles. The van der Waals surface area contributed by atoms with Crippen LogP contribution in [0, 0.1) is 6.07 Å². The first-order valence-electron chi connectivity index (χ1n) is 3.58. The monoisotopic (exact) mass is 236 g/mol. The van der Waals surface area contributed by atoms with E-state index < -0.39 is 0 Å². The van der Waals surface area contributed by atoms with Gasteiger partial charge in [0.1, 0.15) is 0 Å². The number of rotatable bonds is 0. The van der Waals surface area contributed by atoms with Crippen molar-refractivity contribution in [3.8, 4) is 0 Å². The Balaban J connectivity index is 0. The zero-order valence-corrected chi connectivity index (χ0v) is 10.9. The fourth-order valence-electron chi connectivity index (χ4n) is 0.860. The van der Waals surface area contributed by atoms with Crippen LogP contribution in [-0.2, 0) is 5.41 Å². The van der Waals surface area contributed by atoms with Crippen molar-refractivity contribution >= 4 is 23.1 Å². The molecule has 1 aromatic carbocycles. The molecular weight excluding hydrogens is 224 g/mol. The third kappa shape index (κ3) is 4.48.